The fourth-order valence-electron chi connectivity index (χ4n) is 2.26. The van der Waals surface area contributed by atoms with Gasteiger partial charge in [-0.1, -0.05) is 85.6 Å². The second-order valence-electron chi connectivity index (χ2n) is 8.70. The summed E-state index contributed by atoms with van der Waals surface area (Å²) >= 11 is 0. The molecule has 0 atom stereocenters. The Hall–Kier alpha value is -0.350. The van der Waals surface area contributed by atoms with Gasteiger partial charge in [-0.15, -0.1) is 0 Å². The van der Waals surface area contributed by atoms with E-state index in [9.17, 15) is 0 Å². The van der Waals surface area contributed by atoms with Gasteiger partial charge in [-0.05, 0) is 21.8 Å². The van der Waals surface area contributed by atoms with E-state index in [4.69, 9.17) is 0 Å². The molecule has 0 heterocycles. The first-order valence-electron chi connectivity index (χ1n) is 7.15. The average Bonchev–Trinajstić information content (AvgIpc) is 2.11. The summed E-state index contributed by atoms with van der Waals surface area (Å²) in [7, 11) is 3.91. The van der Waals surface area contributed by atoms with Gasteiger partial charge in [0, 0.05) is 0 Å². The zero-order valence-electron chi connectivity index (χ0n) is 14.2. The lowest BCUT2D eigenvalue weighted by Gasteiger charge is -2.36. The molecular formula is C18H30P-. The standard InChI is InChI=1S/C18H30P/c1-16(2,3)12-10-13(17(4,5)6)15(19)14(11-12)18(7,8)9/h10-11,19H,1-9H3/q-1. The third kappa shape index (κ3) is 3.82. The second kappa shape index (κ2) is 4.88. The van der Waals surface area contributed by atoms with Crippen molar-refractivity contribution in [3.63, 3.8) is 0 Å². The third-order valence-corrected chi connectivity index (χ3v) is 4.16. The molecule has 108 valence electrons. The molecule has 0 fully saturated rings. The maximum Gasteiger partial charge on any atom is -0.0132 e. The highest BCUT2D eigenvalue weighted by Crippen LogP contribution is 2.34. The van der Waals surface area contributed by atoms with Crippen molar-refractivity contribution in [3.8, 4) is 0 Å². The van der Waals surface area contributed by atoms with Gasteiger partial charge in [0.15, 0.2) is 0 Å². The van der Waals surface area contributed by atoms with Gasteiger partial charge >= 0.3 is 0 Å². The van der Waals surface area contributed by atoms with E-state index >= 15 is 0 Å². The van der Waals surface area contributed by atoms with Gasteiger partial charge in [-0.3, -0.25) is 0 Å². The van der Waals surface area contributed by atoms with Gasteiger partial charge in [0.2, 0.25) is 0 Å². The van der Waals surface area contributed by atoms with Crippen LogP contribution in [0.1, 0.15) is 79.0 Å². The first-order chi connectivity index (χ1) is 8.24. The van der Waals surface area contributed by atoms with E-state index in [2.05, 4.69) is 83.7 Å². The maximum atomic E-state index is 3.91. The molecule has 0 aliphatic carbocycles. The SMILES string of the molecule is CC(C)(C)c1cc(C(C)(C)C)c([PH-])c(C(C)(C)C)c1. The largest absolute Gasteiger partial charge is 0.524 e. The Bertz CT molecular complexity index is 427. The van der Waals surface area contributed by atoms with E-state index in [1.807, 2.05) is 0 Å². The zero-order valence-corrected chi connectivity index (χ0v) is 15.2. The quantitative estimate of drug-likeness (QED) is 0.561. The highest BCUT2D eigenvalue weighted by atomic mass is 31.0. The van der Waals surface area contributed by atoms with Gasteiger partial charge < -0.3 is 9.24 Å². The Labute approximate surface area is 122 Å². The predicted molar refractivity (Wildman–Crippen MR) is 90.5 cm³/mol. The van der Waals surface area contributed by atoms with Crippen LogP contribution >= 0.6 is 9.24 Å². The van der Waals surface area contributed by atoms with E-state index in [0.29, 0.717) is 0 Å². The molecule has 0 bridgehead atoms. The lowest BCUT2D eigenvalue weighted by atomic mass is 9.75. The smallest absolute Gasteiger partial charge is 0.0132 e. The van der Waals surface area contributed by atoms with Crippen LogP contribution in [0, 0.1) is 0 Å². The number of benzene rings is 1. The molecule has 19 heavy (non-hydrogen) atoms. The van der Waals surface area contributed by atoms with E-state index in [1.165, 1.54) is 22.0 Å². The normalized spacial score (nSPS) is 13.8. The molecule has 0 saturated carbocycles. The van der Waals surface area contributed by atoms with Gasteiger partial charge in [0.1, 0.15) is 0 Å². The van der Waals surface area contributed by atoms with Crippen LogP contribution in [0.2, 0.25) is 0 Å². The molecule has 1 aromatic rings. The molecule has 1 heteroatoms. The van der Waals surface area contributed by atoms with Gasteiger partial charge in [0.05, 0.1) is 0 Å². The van der Waals surface area contributed by atoms with Crippen molar-refractivity contribution >= 4 is 14.5 Å². The van der Waals surface area contributed by atoms with Crippen LogP contribution in [0.4, 0.5) is 0 Å². The first kappa shape index (κ1) is 16.7. The number of hydrogen-bond acceptors (Lipinski definition) is 0. The summed E-state index contributed by atoms with van der Waals surface area (Å²) in [6.07, 6.45) is 0. The number of rotatable bonds is 0. The predicted octanol–water partition coefficient (Wildman–Crippen LogP) is 5.35. The minimum absolute atomic E-state index is 0.151. The Morgan fingerprint density at radius 1 is 0.632 bits per heavy atom. The fraction of sp³-hybridized carbons (Fsp3) is 0.667. The third-order valence-electron chi connectivity index (χ3n) is 3.62. The fourth-order valence-corrected chi connectivity index (χ4v) is 3.15. The van der Waals surface area contributed by atoms with E-state index < -0.39 is 0 Å². The molecule has 1 aromatic carbocycles. The van der Waals surface area contributed by atoms with E-state index in [1.54, 1.807) is 0 Å². The highest BCUT2D eigenvalue weighted by Gasteiger charge is 2.24. The Morgan fingerprint density at radius 3 is 1.16 bits per heavy atom. The summed E-state index contributed by atoms with van der Waals surface area (Å²) in [5.41, 5.74) is 4.71. The molecule has 0 radical (unpaired) electrons. The van der Waals surface area contributed by atoms with Crippen LogP contribution in [0.3, 0.4) is 0 Å². The number of hydrogen-bond donors (Lipinski definition) is 0. The molecule has 0 aromatic heterocycles. The van der Waals surface area contributed by atoms with Crippen LogP contribution in [0.5, 0.6) is 0 Å². The van der Waals surface area contributed by atoms with Crippen LogP contribution in [0.15, 0.2) is 12.1 Å². The molecule has 0 N–H and O–H groups in total. The molecular weight excluding hydrogens is 247 g/mol. The molecule has 0 aliphatic heterocycles. The minimum Gasteiger partial charge on any atom is -0.524 e. The highest BCUT2D eigenvalue weighted by molar-refractivity contribution is 7.27. The van der Waals surface area contributed by atoms with Crippen molar-refractivity contribution in [2.24, 2.45) is 0 Å². The average molecular weight is 277 g/mol. The summed E-state index contributed by atoms with van der Waals surface area (Å²) in [6, 6.07) is 4.75. The minimum atomic E-state index is 0.151. The van der Waals surface area contributed by atoms with Crippen LogP contribution in [-0.4, -0.2) is 0 Å². The zero-order chi connectivity index (χ0) is 15.2. The first-order valence-corrected chi connectivity index (χ1v) is 7.65. The summed E-state index contributed by atoms with van der Waals surface area (Å²) in [5, 5.41) is 1.27. The van der Waals surface area contributed by atoms with Gasteiger partial charge in [-0.2, -0.15) is 5.30 Å². The van der Waals surface area contributed by atoms with Crippen molar-refractivity contribution in [2.75, 3.05) is 0 Å². The maximum absolute atomic E-state index is 3.91. The van der Waals surface area contributed by atoms with E-state index in [0.717, 1.165) is 0 Å². The lowest BCUT2D eigenvalue weighted by Crippen LogP contribution is -2.29. The van der Waals surface area contributed by atoms with Crippen LogP contribution in [0.25, 0.3) is 0 Å². The molecule has 0 spiro atoms. The monoisotopic (exact) mass is 277 g/mol. The molecule has 0 aliphatic rings. The van der Waals surface area contributed by atoms with Crippen molar-refractivity contribution in [1.82, 2.24) is 0 Å². The molecule has 1 rings (SSSR count). The van der Waals surface area contributed by atoms with Crippen molar-refractivity contribution in [2.45, 2.75) is 78.6 Å². The molecule has 0 nitrogen and oxygen atoms in total. The molecule has 0 amide bonds. The van der Waals surface area contributed by atoms with Gasteiger partial charge in [-0.25, -0.2) is 0 Å². The summed E-state index contributed by atoms with van der Waals surface area (Å²) in [5.74, 6) is 0. The Balaban J connectivity index is 3.68. The van der Waals surface area contributed by atoms with Crippen molar-refractivity contribution < 1.29 is 0 Å². The van der Waals surface area contributed by atoms with Crippen LogP contribution in [-0.2, 0) is 16.2 Å². The van der Waals surface area contributed by atoms with Crippen LogP contribution < -0.4 is 5.30 Å². The summed E-state index contributed by atoms with van der Waals surface area (Å²) in [4.78, 5) is 0. The Kier molecular flexibility index (Phi) is 4.29. The topological polar surface area (TPSA) is 0 Å². The molecule has 0 unspecified atom stereocenters. The summed E-state index contributed by atoms with van der Waals surface area (Å²) < 4.78 is 0. The van der Waals surface area contributed by atoms with E-state index in [-0.39, 0.29) is 16.2 Å². The molecule has 0 saturated heterocycles. The summed E-state index contributed by atoms with van der Waals surface area (Å²) in [6.45, 7) is 20.6. The Morgan fingerprint density at radius 2 is 0.947 bits per heavy atom. The van der Waals surface area contributed by atoms with Crippen molar-refractivity contribution in [1.29, 1.82) is 0 Å². The van der Waals surface area contributed by atoms with Crippen molar-refractivity contribution in [3.05, 3.63) is 28.8 Å². The second-order valence-corrected chi connectivity index (χ2v) is 9.20. The lowest BCUT2D eigenvalue weighted by molar-refractivity contribution is 0.554. The van der Waals surface area contributed by atoms with Gasteiger partial charge in [0.25, 0.3) is 0 Å².